The van der Waals surface area contributed by atoms with Gasteiger partial charge in [0.15, 0.2) is 5.96 Å². The predicted octanol–water partition coefficient (Wildman–Crippen LogP) is 2.32. The van der Waals surface area contributed by atoms with Crippen molar-refractivity contribution in [2.24, 2.45) is 4.99 Å². The van der Waals surface area contributed by atoms with Crippen LogP contribution in [0.2, 0.25) is 0 Å². The number of hydrogen-bond acceptors (Lipinski definition) is 4. The summed E-state index contributed by atoms with van der Waals surface area (Å²) in [6.45, 7) is 3.32. The second-order valence-electron chi connectivity index (χ2n) is 5.14. The summed E-state index contributed by atoms with van der Waals surface area (Å²) in [5, 5.41) is 8.28. The van der Waals surface area contributed by atoms with Gasteiger partial charge in [-0.25, -0.2) is 13.1 Å². The monoisotopic (exact) mass is 494 g/mol. The van der Waals surface area contributed by atoms with Crippen LogP contribution in [0.15, 0.2) is 51.7 Å². The molecular formula is C16H23IN4O2S2. The lowest BCUT2D eigenvalue weighted by Crippen LogP contribution is -2.41. The van der Waals surface area contributed by atoms with Crippen molar-refractivity contribution >= 4 is 51.3 Å². The van der Waals surface area contributed by atoms with Gasteiger partial charge >= 0.3 is 0 Å². The van der Waals surface area contributed by atoms with E-state index in [1.54, 1.807) is 42.6 Å². The largest absolute Gasteiger partial charge is 0.355 e. The molecule has 138 valence electrons. The molecule has 0 spiro atoms. The fourth-order valence-electron chi connectivity index (χ4n) is 1.97. The lowest BCUT2D eigenvalue weighted by atomic mass is 10.2. The lowest BCUT2D eigenvalue weighted by molar-refractivity contribution is 0.580. The fourth-order valence-corrected chi connectivity index (χ4v) is 3.65. The SMILES string of the molecule is CN=C(NCCNS(=O)(=O)c1ccc(C)cc1)NCc1cccs1.I. The van der Waals surface area contributed by atoms with E-state index in [0.29, 0.717) is 19.0 Å². The van der Waals surface area contributed by atoms with Gasteiger partial charge in [0.2, 0.25) is 10.0 Å². The van der Waals surface area contributed by atoms with Crippen LogP contribution in [0.5, 0.6) is 0 Å². The van der Waals surface area contributed by atoms with Gasteiger partial charge < -0.3 is 10.6 Å². The number of halogens is 1. The Kier molecular flexibility index (Phi) is 9.39. The van der Waals surface area contributed by atoms with Crippen LogP contribution in [0.25, 0.3) is 0 Å². The summed E-state index contributed by atoms with van der Waals surface area (Å²) >= 11 is 1.67. The normalized spacial score (nSPS) is 11.7. The van der Waals surface area contributed by atoms with Gasteiger partial charge in [-0.3, -0.25) is 4.99 Å². The number of aryl methyl sites for hydroxylation is 1. The van der Waals surface area contributed by atoms with Crippen LogP contribution in [-0.4, -0.2) is 34.5 Å². The highest BCUT2D eigenvalue weighted by molar-refractivity contribution is 14.0. The molecule has 0 bridgehead atoms. The van der Waals surface area contributed by atoms with Crippen LogP contribution in [0.3, 0.4) is 0 Å². The molecule has 0 unspecified atom stereocenters. The summed E-state index contributed by atoms with van der Waals surface area (Å²) in [5.41, 5.74) is 1.02. The first kappa shape index (κ1) is 21.9. The Balaban J connectivity index is 0.00000312. The van der Waals surface area contributed by atoms with E-state index in [4.69, 9.17) is 0 Å². The smallest absolute Gasteiger partial charge is 0.240 e. The molecule has 1 heterocycles. The second-order valence-corrected chi connectivity index (χ2v) is 7.94. The lowest BCUT2D eigenvalue weighted by Gasteiger charge is -2.12. The van der Waals surface area contributed by atoms with Crippen molar-refractivity contribution in [3.8, 4) is 0 Å². The van der Waals surface area contributed by atoms with Crippen LogP contribution in [0.1, 0.15) is 10.4 Å². The maximum Gasteiger partial charge on any atom is 0.240 e. The zero-order chi connectivity index (χ0) is 17.4. The highest BCUT2D eigenvalue weighted by Gasteiger charge is 2.12. The predicted molar refractivity (Wildman–Crippen MR) is 114 cm³/mol. The van der Waals surface area contributed by atoms with Crippen LogP contribution in [-0.2, 0) is 16.6 Å². The Labute approximate surface area is 170 Å². The van der Waals surface area contributed by atoms with Gasteiger partial charge in [0.05, 0.1) is 11.4 Å². The number of thiophene rings is 1. The number of nitrogens with one attached hydrogen (secondary N) is 3. The molecule has 0 aliphatic carbocycles. The number of guanidine groups is 1. The van der Waals surface area contributed by atoms with Crippen molar-refractivity contribution in [2.45, 2.75) is 18.4 Å². The zero-order valence-corrected chi connectivity index (χ0v) is 18.1. The molecule has 2 aromatic rings. The van der Waals surface area contributed by atoms with E-state index in [1.165, 1.54) is 4.88 Å². The molecule has 0 amide bonds. The molecule has 0 aliphatic heterocycles. The number of hydrogen-bond donors (Lipinski definition) is 3. The molecule has 0 fully saturated rings. The highest BCUT2D eigenvalue weighted by Crippen LogP contribution is 2.09. The molecule has 0 atom stereocenters. The quantitative estimate of drug-likeness (QED) is 0.239. The van der Waals surface area contributed by atoms with E-state index in [-0.39, 0.29) is 35.4 Å². The summed E-state index contributed by atoms with van der Waals surface area (Å²) in [6.07, 6.45) is 0. The molecule has 9 heteroatoms. The second kappa shape index (κ2) is 10.7. The Bertz CT molecular complexity index is 760. The summed E-state index contributed by atoms with van der Waals surface area (Å²) in [7, 11) is -1.80. The van der Waals surface area contributed by atoms with E-state index in [1.807, 2.05) is 24.4 Å². The molecule has 0 saturated heterocycles. The average molecular weight is 494 g/mol. The third kappa shape index (κ3) is 7.30. The third-order valence-corrected chi connectivity index (χ3v) is 5.63. The van der Waals surface area contributed by atoms with Gasteiger partial charge in [0.1, 0.15) is 0 Å². The van der Waals surface area contributed by atoms with Gasteiger partial charge in [0.25, 0.3) is 0 Å². The Morgan fingerprint density at radius 2 is 1.84 bits per heavy atom. The zero-order valence-electron chi connectivity index (χ0n) is 14.2. The molecule has 2 rings (SSSR count). The molecule has 25 heavy (non-hydrogen) atoms. The maximum absolute atomic E-state index is 12.2. The topological polar surface area (TPSA) is 82.6 Å². The van der Waals surface area contributed by atoms with Crippen LogP contribution >= 0.6 is 35.3 Å². The molecular weight excluding hydrogens is 471 g/mol. The van der Waals surface area contributed by atoms with E-state index in [9.17, 15) is 8.42 Å². The highest BCUT2D eigenvalue weighted by atomic mass is 127. The minimum absolute atomic E-state index is 0. The maximum atomic E-state index is 12.2. The Hall–Kier alpha value is -1.17. The number of sulfonamides is 1. The van der Waals surface area contributed by atoms with Crippen molar-refractivity contribution in [1.82, 2.24) is 15.4 Å². The Morgan fingerprint density at radius 3 is 2.44 bits per heavy atom. The van der Waals surface area contributed by atoms with Gasteiger partial charge in [0, 0.05) is 25.0 Å². The number of nitrogens with zero attached hydrogens (tertiary/aromatic N) is 1. The van der Waals surface area contributed by atoms with Gasteiger partial charge in [-0.15, -0.1) is 35.3 Å². The van der Waals surface area contributed by atoms with Crippen LogP contribution in [0, 0.1) is 6.92 Å². The minimum atomic E-state index is -3.48. The Morgan fingerprint density at radius 1 is 1.12 bits per heavy atom. The van der Waals surface area contributed by atoms with E-state index >= 15 is 0 Å². The number of aliphatic imine (C=N–C) groups is 1. The standard InChI is InChI=1S/C16H22N4O2S2.HI/c1-13-5-7-15(8-6-13)24(21,22)20-10-9-18-16(17-2)19-12-14-4-3-11-23-14;/h3-8,11,20H,9-10,12H2,1-2H3,(H2,17,18,19);1H. The molecule has 3 N–H and O–H groups in total. The minimum Gasteiger partial charge on any atom is -0.355 e. The molecule has 1 aromatic carbocycles. The van der Waals surface area contributed by atoms with E-state index in [2.05, 4.69) is 20.3 Å². The summed E-state index contributed by atoms with van der Waals surface area (Å²) in [6, 6.07) is 10.8. The third-order valence-electron chi connectivity index (χ3n) is 3.27. The first-order chi connectivity index (χ1) is 11.5. The van der Waals surface area contributed by atoms with E-state index < -0.39 is 10.0 Å². The van der Waals surface area contributed by atoms with Crippen molar-refractivity contribution in [3.05, 3.63) is 52.2 Å². The van der Waals surface area contributed by atoms with Crippen molar-refractivity contribution in [1.29, 1.82) is 0 Å². The van der Waals surface area contributed by atoms with Gasteiger partial charge in [-0.2, -0.15) is 0 Å². The number of rotatable bonds is 7. The molecule has 1 aromatic heterocycles. The van der Waals surface area contributed by atoms with Gasteiger partial charge in [-0.05, 0) is 30.5 Å². The first-order valence-corrected chi connectivity index (χ1v) is 9.91. The van der Waals surface area contributed by atoms with Gasteiger partial charge in [-0.1, -0.05) is 23.8 Å². The molecule has 0 radical (unpaired) electrons. The van der Waals surface area contributed by atoms with E-state index in [0.717, 1.165) is 5.56 Å². The summed E-state index contributed by atoms with van der Waals surface area (Å²) in [5.74, 6) is 0.637. The number of benzene rings is 1. The van der Waals surface area contributed by atoms with Crippen LogP contribution in [0.4, 0.5) is 0 Å². The van der Waals surface area contributed by atoms with Crippen LogP contribution < -0.4 is 15.4 Å². The fraction of sp³-hybridized carbons (Fsp3) is 0.312. The molecule has 0 aliphatic rings. The average Bonchev–Trinajstić information content (AvgIpc) is 3.08. The summed E-state index contributed by atoms with van der Waals surface area (Å²) in [4.78, 5) is 5.59. The molecule has 6 nitrogen and oxygen atoms in total. The first-order valence-electron chi connectivity index (χ1n) is 7.54. The summed E-state index contributed by atoms with van der Waals surface area (Å²) < 4.78 is 26.9. The van der Waals surface area contributed by atoms with Crippen molar-refractivity contribution in [3.63, 3.8) is 0 Å². The van der Waals surface area contributed by atoms with Crippen molar-refractivity contribution < 1.29 is 8.42 Å². The molecule has 0 saturated carbocycles. The van der Waals surface area contributed by atoms with Crippen molar-refractivity contribution in [2.75, 3.05) is 20.1 Å².